The number of rotatable bonds is 3. The number of ether oxygens (including phenoxy) is 1. The molecule has 1 unspecified atom stereocenters. The third-order valence-corrected chi connectivity index (χ3v) is 3.27. The predicted octanol–water partition coefficient (Wildman–Crippen LogP) is 3.91. The van der Waals surface area contributed by atoms with Gasteiger partial charge in [0.15, 0.2) is 0 Å². The van der Waals surface area contributed by atoms with E-state index in [1.807, 2.05) is 13.8 Å². The smallest absolute Gasteiger partial charge is 0.313 e. The van der Waals surface area contributed by atoms with Gasteiger partial charge in [0.1, 0.15) is 0 Å². The fourth-order valence-electron chi connectivity index (χ4n) is 1.65. The summed E-state index contributed by atoms with van der Waals surface area (Å²) in [6, 6.07) is 5.28. The lowest BCUT2D eigenvalue weighted by Crippen LogP contribution is -2.20. The van der Waals surface area contributed by atoms with Gasteiger partial charge in [-0.15, -0.1) is 0 Å². The molecule has 0 spiro atoms. The first-order valence-corrected chi connectivity index (χ1v) is 5.76. The van der Waals surface area contributed by atoms with Crippen molar-refractivity contribution in [2.75, 3.05) is 7.11 Å². The van der Waals surface area contributed by atoms with E-state index in [-0.39, 0.29) is 17.8 Å². The number of hydrogen-bond donors (Lipinski definition) is 0. The van der Waals surface area contributed by atoms with Gasteiger partial charge in [-0.05, 0) is 17.5 Å². The lowest BCUT2D eigenvalue weighted by atomic mass is 9.88. The van der Waals surface area contributed by atoms with E-state index in [0.29, 0.717) is 10.0 Å². The molecule has 0 aromatic heterocycles. The molecule has 0 bridgehead atoms. The van der Waals surface area contributed by atoms with E-state index in [1.54, 1.807) is 18.2 Å². The van der Waals surface area contributed by atoms with Crippen molar-refractivity contribution < 1.29 is 9.53 Å². The maximum atomic E-state index is 11.7. The van der Waals surface area contributed by atoms with Gasteiger partial charge in [0, 0.05) is 0 Å². The molecule has 0 radical (unpaired) electrons. The van der Waals surface area contributed by atoms with Crippen LogP contribution in [0.5, 0.6) is 0 Å². The van der Waals surface area contributed by atoms with Crippen molar-refractivity contribution >= 4 is 29.2 Å². The van der Waals surface area contributed by atoms with E-state index in [2.05, 4.69) is 0 Å². The van der Waals surface area contributed by atoms with Crippen LogP contribution < -0.4 is 0 Å². The largest absolute Gasteiger partial charge is 0.469 e. The second-order valence-electron chi connectivity index (χ2n) is 3.89. The Labute approximate surface area is 106 Å². The molecule has 0 fully saturated rings. The van der Waals surface area contributed by atoms with E-state index < -0.39 is 0 Å². The van der Waals surface area contributed by atoms with Gasteiger partial charge in [-0.1, -0.05) is 49.2 Å². The number of benzene rings is 1. The van der Waals surface area contributed by atoms with Gasteiger partial charge in [-0.25, -0.2) is 0 Å². The van der Waals surface area contributed by atoms with Crippen LogP contribution in [0.2, 0.25) is 10.0 Å². The molecule has 1 aromatic carbocycles. The van der Waals surface area contributed by atoms with E-state index in [4.69, 9.17) is 27.9 Å². The summed E-state index contributed by atoms with van der Waals surface area (Å²) in [5, 5.41) is 0.877. The normalized spacial score (nSPS) is 12.6. The maximum absolute atomic E-state index is 11.7. The second kappa shape index (κ2) is 5.55. The molecular formula is C12H14Cl2O2. The van der Waals surface area contributed by atoms with Crippen molar-refractivity contribution in [1.29, 1.82) is 0 Å². The molecule has 0 amide bonds. The third-order valence-electron chi connectivity index (χ3n) is 2.44. The Morgan fingerprint density at radius 1 is 1.31 bits per heavy atom. The molecule has 0 saturated carbocycles. The average Bonchev–Trinajstić information content (AvgIpc) is 2.24. The molecule has 0 N–H and O–H groups in total. The summed E-state index contributed by atoms with van der Waals surface area (Å²) < 4.78 is 4.78. The zero-order valence-corrected chi connectivity index (χ0v) is 11.0. The fourth-order valence-corrected chi connectivity index (χ4v) is 2.07. The molecule has 88 valence electrons. The van der Waals surface area contributed by atoms with Crippen LogP contribution in [0, 0.1) is 5.92 Å². The Hall–Kier alpha value is -0.730. The lowest BCUT2D eigenvalue weighted by molar-refractivity contribution is -0.143. The van der Waals surface area contributed by atoms with Gasteiger partial charge < -0.3 is 4.74 Å². The molecular weight excluding hydrogens is 247 g/mol. The molecule has 16 heavy (non-hydrogen) atoms. The van der Waals surface area contributed by atoms with E-state index in [1.165, 1.54) is 7.11 Å². The zero-order chi connectivity index (χ0) is 12.3. The molecule has 4 heteroatoms. The molecule has 1 atom stereocenters. The van der Waals surface area contributed by atoms with E-state index >= 15 is 0 Å². The first-order chi connectivity index (χ1) is 7.49. The summed E-state index contributed by atoms with van der Waals surface area (Å²) in [4.78, 5) is 11.7. The molecule has 0 aliphatic heterocycles. The first-order valence-electron chi connectivity index (χ1n) is 5.00. The molecule has 1 aromatic rings. The second-order valence-corrected chi connectivity index (χ2v) is 4.67. The minimum Gasteiger partial charge on any atom is -0.469 e. The lowest BCUT2D eigenvalue weighted by Gasteiger charge is -2.20. The van der Waals surface area contributed by atoms with Crippen LogP contribution in [0.15, 0.2) is 18.2 Å². The molecule has 0 heterocycles. The zero-order valence-electron chi connectivity index (χ0n) is 9.46. The van der Waals surface area contributed by atoms with E-state index in [0.717, 1.165) is 5.56 Å². The summed E-state index contributed by atoms with van der Waals surface area (Å²) in [5.41, 5.74) is 0.719. The summed E-state index contributed by atoms with van der Waals surface area (Å²) in [5.74, 6) is -0.571. The number of carbonyl (C=O) groups is 1. The Balaban J connectivity index is 3.21. The van der Waals surface area contributed by atoms with Crippen LogP contribution >= 0.6 is 23.2 Å². The highest BCUT2D eigenvalue weighted by atomic mass is 35.5. The van der Waals surface area contributed by atoms with Crippen LogP contribution in [0.4, 0.5) is 0 Å². The molecule has 0 saturated heterocycles. The Morgan fingerprint density at radius 2 is 1.94 bits per heavy atom. The van der Waals surface area contributed by atoms with Crippen LogP contribution in [-0.2, 0) is 9.53 Å². The van der Waals surface area contributed by atoms with Crippen molar-refractivity contribution in [3.05, 3.63) is 33.8 Å². The van der Waals surface area contributed by atoms with Crippen LogP contribution in [0.25, 0.3) is 0 Å². The summed E-state index contributed by atoms with van der Waals surface area (Å²) >= 11 is 12.0. The van der Waals surface area contributed by atoms with Gasteiger partial charge >= 0.3 is 5.97 Å². The molecule has 1 rings (SSSR count). The van der Waals surface area contributed by atoms with Gasteiger partial charge in [-0.3, -0.25) is 4.79 Å². The van der Waals surface area contributed by atoms with E-state index in [9.17, 15) is 4.79 Å². The molecule has 0 aliphatic carbocycles. The number of carbonyl (C=O) groups excluding carboxylic acids is 1. The maximum Gasteiger partial charge on any atom is 0.313 e. The summed E-state index contributed by atoms with van der Waals surface area (Å²) in [7, 11) is 1.37. The number of methoxy groups -OCH3 is 1. The number of halogens is 2. The summed E-state index contributed by atoms with van der Waals surface area (Å²) in [6.07, 6.45) is 0. The van der Waals surface area contributed by atoms with Crippen molar-refractivity contribution in [3.8, 4) is 0 Å². The number of esters is 1. The van der Waals surface area contributed by atoms with Gasteiger partial charge in [0.25, 0.3) is 0 Å². The molecule has 0 aliphatic rings. The monoisotopic (exact) mass is 260 g/mol. The van der Waals surface area contributed by atoms with Gasteiger partial charge in [-0.2, -0.15) is 0 Å². The highest BCUT2D eigenvalue weighted by Gasteiger charge is 2.27. The quantitative estimate of drug-likeness (QED) is 0.771. The topological polar surface area (TPSA) is 26.3 Å². The Bertz CT molecular complexity index is 389. The van der Waals surface area contributed by atoms with Crippen molar-refractivity contribution in [3.63, 3.8) is 0 Å². The van der Waals surface area contributed by atoms with Crippen molar-refractivity contribution in [2.45, 2.75) is 19.8 Å². The fraction of sp³-hybridized carbons (Fsp3) is 0.417. The standard InChI is InChI=1S/C12H14Cl2O2/c1-7(2)10(12(15)16-3)8-5-4-6-9(13)11(8)14/h4-7,10H,1-3H3. The van der Waals surface area contributed by atoms with Crippen LogP contribution in [-0.4, -0.2) is 13.1 Å². The predicted molar refractivity (Wildman–Crippen MR) is 66.1 cm³/mol. The minimum absolute atomic E-state index is 0.100. The molecule has 2 nitrogen and oxygen atoms in total. The highest BCUT2D eigenvalue weighted by molar-refractivity contribution is 6.42. The van der Waals surface area contributed by atoms with Gasteiger partial charge in [0.2, 0.25) is 0 Å². The average molecular weight is 261 g/mol. The van der Waals surface area contributed by atoms with Crippen LogP contribution in [0.1, 0.15) is 25.3 Å². The van der Waals surface area contributed by atoms with Crippen molar-refractivity contribution in [1.82, 2.24) is 0 Å². The Morgan fingerprint density at radius 3 is 2.44 bits per heavy atom. The summed E-state index contributed by atoms with van der Waals surface area (Å²) in [6.45, 7) is 3.89. The third kappa shape index (κ3) is 2.69. The Kier molecular flexibility index (Phi) is 4.63. The first kappa shape index (κ1) is 13.3. The van der Waals surface area contributed by atoms with Crippen molar-refractivity contribution in [2.24, 2.45) is 5.92 Å². The SMILES string of the molecule is COC(=O)C(c1cccc(Cl)c1Cl)C(C)C. The minimum atomic E-state index is -0.379. The van der Waals surface area contributed by atoms with Crippen LogP contribution in [0.3, 0.4) is 0 Å². The van der Waals surface area contributed by atoms with Gasteiger partial charge in [0.05, 0.1) is 23.1 Å². The number of hydrogen-bond acceptors (Lipinski definition) is 2. The highest BCUT2D eigenvalue weighted by Crippen LogP contribution is 2.35.